The fourth-order valence-electron chi connectivity index (χ4n) is 2.54. The minimum atomic E-state index is 0.634. The molecule has 0 aromatic carbocycles. The van der Waals surface area contributed by atoms with E-state index in [1.807, 2.05) is 0 Å². The van der Waals surface area contributed by atoms with Gasteiger partial charge in [0.15, 0.2) is 0 Å². The Kier molecular flexibility index (Phi) is 4.04. The lowest BCUT2D eigenvalue weighted by atomic mass is 10.0. The number of likely N-dealkylation sites (tertiary alicyclic amines) is 1. The van der Waals surface area contributed by atoms with Gasteiger partial charge in [0.2, 0.25) is 0 Å². The van der Waals surface area contributed by atoms with Crippen LogP contribution in [0.15, 0.2) is 0 Å². The Balaban J connectivity index is 1.76. The summed E-state index contributed by atoms with van der Waals surface area (Å²) in [6, 6.07) is 1.46. The molecule has 1 atom stereocenters. The molecule has 1 heterocycles. The van der Waals surface area contributed by atoms with Crippen molar-refractivity contribution >= 4 is 0 Å². The van der Waals surface area contributed by atoms with Gasteiger partial charge in [0.25, 0.3) is 0 Å². The average molecular weight is 210 g/mol. The van der Waals surface area contributed by atoms with Crippen molar-refractivity contribution in [3.05, 3.63) is 0 Å². The van der Waals surface area contributed by atoms with Gasteiger partial charge in [-0.25, -0.2) is 0 Å². The van der Waals surface area contributed by atoms with E-state index in [4.69, 9.17) is 0 Å². The molecule has 0 radical (unpaired) electrons. The molecule has 2 heteroatoms. The third-order valence-corrected chi connectivity index (χ3v) is 3.70. The molecule has 2 aliphatic rings. The predicted octanol–water partition coefficient (Wildman–Crippen LogP) is 2.25. The van der Waals surface area contributed by atoms with Crippen LogP contribution in [0.1, 0.15) is 46.0 Å². The molecule has 2 rings (SSSR count). The molecule has 88 valence electrons. The van der Waals surface area contributed by atoms with E-state index in [1.54, 1.807) is 0 Å². The van der Waals surface area contributed by atoms with Gasteiger partial charge >= 0.3 is 0 Å². The van der Waals surface area contributed by atoms with Crippen molar-refractivity contribution < 1.29 is 0 Å². The monoisotopic (exact) mass is 210 g/mol. The van der Waals surface area contributed by atoms with Gasteiger partial charge in [0, 0.05) is 25.2 Å². The Labute approximate surface area is 94.4 Å². The molecule has 1 aliphatic carbocycles. The van der Waals surface area contributed by atoms with E-state index in [0.29, 0.717) is 6.04 Å². The van der Waals surface area contributed by atoms with E-state index in [2.05, 4.69) is 24.1 Å². The summed E-state index contributed by atoms with van der Waals surface area (Å²) in [6.07, 6.45) is 7.24. The second-order valence-electron chi connectivity index (χ2n) is 5.65. The molecule has 1 unspecified atom stereocenters. The molecule has 0 amide bonds. The Hall–Kier alpha value is -0.0800. The van der Waals surface area contributed by atoms with E-state index in [0.717, 1.165) is 12.0 Å². The second kappa shape index (κ2) is 5.31. The van der Waals surface area contributed by atoms with Crippen molar-refractivity contribution in [1.82, 2.24) is 10.2 Å². The first-order valence-corrected chi connectivity index (χ1v) is 6.73. The van der Waals surface area contributed by atoms with Gasteiger partial charge in [-0.15, -0.1) is 0 Å². The van der Waals surface area contributed by atoms with Crippen LogP contribution in [0.25, 0.3) is 0 Å². The highest BCUT2D eigenvalue weighted by molar-refractivity contribution is 4.84. The van der Waals surface area contributed by atoms with Gasteiger partial charge in [0.05, 0.1) is 0 Å². The summed E-state index contributed by atoms with van der Waals surface area (Å²) in [5.74, 6) is 1.05. The van der Waals surface area contributed by atoms with Gasteiger partial charge in [-0.05, 0) is 38.1 Å². The van der Waals surface area contributed by atoms with Gasteiger partial charge < -0.3 is 5.32 Å². The number of rotatable bonds is 5. The highest BCUT2D eigenvalue weighted by Gasteiger charge is 2.29. The zero-order chi connectivity index (χ0) is 10.7. The molecule has 1 N–H and O–H groups in total. The van der Waals surface area contributed by atoms with Crippen LogP contribution >= 0.6 is 0 Å². The maximum atomic E-state index is 3.60. The first kappa shape index (κ1) is 11.4. The molecule has 1 saturated carbocycles. The van der Waals surface area contributed by atoms with Gasteiger partial charge in [-0.3, -0.25) is 4.90 Å². The van der Waals surface area contributed by atoms with Crippen molar-refractivity contribution in [3.63, 3.8) is 0 Å². The first-order valence-electron chi connectivity index (χ1n) is 6.73. The maximum absolute atomic E-state index is 3.60. The van der Waals surface area contributed by atoms with Crippen molar-refractivity contribution in [1.29, 1.82) is 0 Å². The minimum Gasteiger partial charge on any atom is -0.313 e. The summed E-state index contributed by atoms with van der Waals surface area (Å²) in [5.41, 5.74) is 0. The van der Waals surface area contributed by atoms with E-state index in [-0.39, 0.29) is 0 Å². The lowest BCUT2D eigenvalue weighted by Crippen LogP contribution is -2.47. The molecular formula is C13H26N2. The Morgan fingerprint density at radius 2 is 2.00 bits per heavy atom. The normalized spacial score (nSPS) is 28.6. The third kappa shape index (κ3) is 3.76. The number of nitrogens with one attached hydrogen (secondary N) is 1. The minimum absolute atomic E-state index is 0.634. The van der Waals surface area contributed by atoms with Crippen LogP contribution in [0, 0.1) is 5.92 Å². The van der Waals surface area contributed by atoms with Crippen LogP contribution in [-0.2, 0) is 0 Å². The van der Waals surface area contributed by atoms with Crippen LogP contribution in [0.4, 0.5) is 0 Å². The van der Waals surface area contributed by atoms with Gasteiger partial charge in [-0.2, -0.15) is 0 Å². The SMILES string of the molecule is CC(C)NCC1CCCCN1CC1CC1. The average Bonchev–Trinajstić information content (AvgIpc) is 3.00. The van der Waals surface area contributed by atoms with Crippen LogP contribution in [-0.4, -0.2) is 36.6 Å². The van der Waals surface area contributed by atoms with Crippen molar-refractivity contribution in [2.75, 3.05) is 19.6 Å². The van der Waals surface area contributed by atoms with Crippen LogP contribution < -0.4 is 5.32 Å². The summed E-state index contributed by atoms with van der Waals surface area (Å²) in [6.45, 7) is 8.41. The zero-order valence-electron chi connectivity index (χ0n) is 10.3. The highest BCUT2D eigenvalue weighted by atomic mass is 15.2. The van der Waals surface area contributed by atoms with Crippen LogP contribution in [0.2, 0.25) is 0 Å². The fourth-order valence-corrected chi connectivity index (χ4v) is 2.54. The summed E-state index contributed by atoms with van der Waals surface area (Å²) in [7, 11) is 0. The summed E-state index contributed by atoms with van der Waals surface area (Å²) < 4.78 is 0. The lowest BCUT2D eigenvalue weighted by molar-refractivity contribution is 0.137. The zero-order valence-corrected chi connectivity index (χ0v) is 10.3. The molecule has 0 aromatic heterocycles. The maximum Gasteiger partial charge on any atom is 0.0220 e. The van der Waals surface area contributed by atoms with E-state index >= 15 is 0 Å². The number of nitrogens with zero attached hydrogens (tertiary/aromatic N) is 1. The highest BCUT2D eigenvalue weighted by Crippen LogP contribution is 2.31. The van der Waals surface area contributed by atoms with Crippen molar-refractivity contribution in [3.8, 4) is 0 Å². The molecule has 1 aliphatic heterocycles. The van der Waals surface area contributed by atoms with Gasteiger partial charge in [-0.1, -0.05) is 20.3 Å². The number of hydrogen-bond donors (Lipinski definition) is 1. The summed E-state index contributed by atoms with van der Waals surface area (Å²) in [5, 5.41) is 3.60. The second-order valence-corrected chi connectivity index (χ2v) is 5.65. The molecule has 0 aromatic rings. The molecule has 1 saturated heterocycles. The Morgan fingerprint density at radius 3 is 2.67 bits per heavy atom. The van der Waals surface area contributed by atoms with Crippen LogP contribution in [0.3, 0.4) is 0 Å². The smallest absolute Gasteiger partial charge is 0.0220 e. The van der Waals surface area contributed by atoms with E-state index < -0.39 is 0 Å². The largest absolute Gasteiger partial charge is 0.313 e. The van der Waals surface area contributed by atoms with E-state index in [9.17, 15) is 0 Å². The topological polar surface area (TPSA) is 15.3 Å². The molecule has 2 nitrogen and oxygen atoms in total. The molecule has 2 fully saturated rings. The van der Waals surface area contributed by atoms with Gasteiger partial charge in [0.1, 0.15) is 0 Å². The first-order chi connectivity index (χ1) is 7.25. The standard InChI is InChI=1S/C13H26N2/c1-11(2)14-9-13-5-3-4-8-15(13)10-12-6-7-12/h11-14H,3-10H2,1-2H3. The number of hydrogen-bond acceptors (Lipinski definition) is 2. The Morgan fingerprint density at radius 1 is 1.20 bits per heavy atom. The molecule has 15 heavy (non-hydrogen) atoms. The quantitative estimate of drug-likeness (QED) is 0.749. The predicted molar refractivity (Wildman–Crippen MR) is 65.1 cm³/mol. The van der Waals surface area contributed by atoms with Crippen molar-refractivity contribution in [2.24, 2.45) is 5.92 Å². The number of piperidine rings is 1. The van der Waals surface area contributed by atoms with Crippen LogP contribution in [0.5, 0.6) is 0 Å². The summed E-state index contributed by atoms with van der Waals surface area (Å²) in [4.78, 5) is 2.75. The molecular weight excluding hydrogens is 184 g/mol. The van der Waals surface area contributed by atoms with Crippen molar-refractivity contribution in [2.45, 2.75) is 58.0 Å². The third-order valence-electron chi connectivity index (χ3n) is 3.70. The lowest BCUT2D eigenvalue weighted by Gasteiger charge is -2.36. The summed E-state index contributed by atoms with van der Waals surface area (Å²) >= 11 is 0. The fraction of sp³-hybridized carbons (Fsp3) is 1.00. The molecule has 0 spiro atoms. The van der Waals surface area contributed by atoms with E-state index in [1.165, 1.54) is 51.7 Å². The molecule has 0 bridgehead atoms. The Bertz CT molecular complexity index is 187.